The number of hydrogen-bond acceptors (Lipinski definition) is 2. The van der Waals surface area contributed by atoms with Crippen LogP contribution in [0.5, 0.6) is 5.75 Å². The topological polar surface area (TPSA) is 46.5 Å². The second-order valence-corrected chi connectivity index (χ2v) is 6.08. The maximum atomic E-state index is 11.7. The minimum absolute atomic E-state index is 0.118. The summed E-state index contributed by atoms with van der Waals surface area (Å²) in [6, 6.07) is 3.78. The van der Waals surface area contributed by atoms with Crippen LogP contribution in [0, 0.1) is 0 Å². The van der Waals surface area contributed by atoms with Crippen molar-refractivity contribution in [2.24, 2.45) is 0 Å². The Labute approximate surface area is 117 Å². The fraction of sp³-hybridized carbons (Fsp3) is 0.533. The fourth-order valence-corrected chi connectivity index (χ4v) is 3.65. The van der Waals surface area contributed by atoms with Crippen LogP contribution in [0.25, 0.3) is 0 Å². The largest absolute Gasteiger partial charge is 0.489 e. The quantitative estimate of drug-likeness (QED) is 0.901. The van der Waals surface area contributed by atoms with E-state index in [4.69, 9.17) is 16.3 Å². The average molecular weight is 281 g/mol. The molecule has 1 unspecified atom stereocenters. The molecular formula is C15H17ClO3. The van der Waals surface area contributed by atoms with E-state index in [1.54, 1.807) is 6.07 Å². The van der Waals surface area contributed by atoms with E-state index >= 15 is 0 Å². The monoisotopic (exact) mass is 280 g/mol. The van der Waals surface area contributed by atoms with Crippen LogP contribution in [-0.4, -0.2) is 17.2 Å². The van der Waals surface area contributed by atoms with Crippen LogP contribution in [0.3, 0.4) is 0 Å². The van der Waals surface area contributed by atoms with Gasteiger partial charge in [-0.15, -0.1) is 0 Å². The molecule has 0 radical (unpaired) electrons. The molecule has 1 saturated carbocycles. The number of aliphatic carboxylic acids is 1. The lowest BCUT2D eigenvalue weighted by Gasteiger charge is -2.25. The highest BCUT2D eigenvalue weighted by molar-refractivity contribution is 6.32. The Morgan fingerprint density at radius 3 is 2.74 bits per heavy atom. The van der Waals surface area contributed by atoms with Crippen LogP contribution >= 0.6 is 11.6 Å². The zero-order valence-corrected chi connectivity index (χ0v) is 11.7. The average Bonchev–Trinajstić information content (AvgIpc) is 2.94. The van der Waals surface area contributed by atoms with E-state index in [9.17, 15) is 9.90 Å². The van der Waals surface area contributed by atoms with Gasteiger partial charge >= 0.3 is 5.97 Å². The Bertz CT molecular complexity index is 532. The third-order valence-electron chi connectivity index (χ3n) is 4.37. The maximum Gasteiger partial charge on any atom is 0.314 e. The van der Waals surface area contributed by atoms with Crippen molar-refractivity contribution in [3.8, 4) is 5.75 Å². The molecular weight excluding hydrogens is 264 g/mol. The van der Waals surface area contributed by atoms with E-state index in [2.05, 4.69) is 0 Å². The van der Waals surface area contributed by atoms with Crippen LogP contribution in [0.2, 0.25) is 5.02 Å². The summed E-state index contributed by atoms with van der Waals surface area (Å²) >= 11 is 6.27. The Kier molecular flexibility index (Phi) is 2.97. The van der Waals surface area contributed by atoms with Crippen molar-refractivity contribution in [3.63, 3.8) is 0 Å². The number of benzene rings is 1. The summed E-state index contributed by atoms with van der Waals surface area (Å²) < 4.78 is 5.67. The van der Waals surface area contributed by atoms with Crippen molar-refractivity contribution in [3.05, 3.63) is 28.3 Å². The molecule has 1 fully saturated rings. The molecule has 1 aromatic rings. The van der Waals surface area contributed by atoms with Crippen molar-refractivity contribution in [2.75, 3.05) is 0 Å². The Hall–Kier alpha value is -1.22. The second-order valence-electron chi connectivity index (χ2n) is 5.67. The molecule has 3 rings (SSSR count). The predicted molar refractivity (Wildman–Crippen MR) is 73.0 cm³/mol. The lowest BCUT2D eigenvalue weighted by molar-refractivity contribution is -0.143. The highest BCUT2D eigenvalue weighted by Gasteiger charge is 2.43. The number of hydrogen-bond donors (Lipinski definition) is 1. The van der Waals surface area contributed by atoms with E-state index in [0.29, 0.717) is 17.9 Å². The van der Waals surface area contributed by atoms with Gasteiger partial charge in [0.25, 0.3) is 0 Å². The molecule has 1 N–H and O–H groups in total. The first-order valence-corrected chi connectivity index (χ1v) is 7.14. The third-order valence-corrected chi connectivity index (χ3v) is 4.65. The summed E-state index contributed by atoms with van der Waals surface area (Å²) in [7, 11) is 0. The summed E-state index contributed by atoms with van der Waals surface area (Å²) in [6.07, 6.45) is 4.26. The van der Waals surface area contributed by atoms with E-state index in [1.165, 1.54) is 0 Å². The standard InChI is InChI=1S/C15H17ClO3/c1-9-6-10-7-11(8-12(16)13(10)19-9)15(14(17)18)4-2-3-5-15/h7-9H,2-6H2,1H3,(H,17,18). The number of rotatable bonds is 2. The Morgan fingerprint density at radius 1 is 1.42 bits per heavy atom. The van der Waals surface area contributed by atoms with Crippen molar-refractivity contribution in [1.29, 1.82) is 0 Å². The van der Waals surface area contributed by atoms with Crippen LogP contribution in [0.1, 0.15) is 43.7 Å². The number of carboxylic acids is 1. The van der Waals surface area contributed by atoms with Crippen LogP contribution < -0.4 is 4.74 Å². The van der Waals surface area contributed by atoms with Gasteiger partial charge < -0.3 is 9.84 Å². The number of fused-ring (bicyclic) bond motifs is 1. The highest BCUT2D eigenvalue weighted by atomic mass is 35.5. The van der Waals surface area contributed by atoms with Crippen LogP contribution in [-0.2, 0) is 16.6 Å². The molecule has 1 aliphatic carbocycles. The van der Waals surface area contributed by atoms with Gasteiger partial charge in [0.15, 0.2) is 0 Å². The fourth-order valence-electron chi connectivity index (χ4n) is 3.37. The highest BCUT2D eigenvalue weighted by Crippen LogP contribution is 2.46. The Balaban J connectivity index is 2.09. The molecule has 0 bridgehead atoms. The molecule has 102 valence electrons. The first-order valence-electron chi connectivity index (χ1n) is 6.76. The van der Waals surface area contributed by atoms with E-state index in [-0.39, 0.29) is 6.10 Å². The molecule has 1 aliphatic heterocycles. The molecule has 2 aliphatic rings. The lowest BCUT2D eigenvalue weighted by atomic mass is 9.78. The Morgan fingerprint density at radius 2 is 2.11 bits per heavy atom. The lowest BCUT2D eigenvalue weighted by Crippen LogP contribution is -2.32. The SMILES string of the molecule is CC1Cc2cc(C3(C(=O)O)CCCC3)cc(Cl)c2O1. The summed E-state index contributed by atoms with van der Waals surface area (Å²) in [6.45, 7) is 2.00. The predicted octanol–water partition coefficient (Wildman–Crippen LogP) is 3.56. The molecule has 1 aromatic carbocycles. The minimum Gasteiger partial charge on any atom is -0.489 e. The molecule has 0 amide bonds. The molecule has 4 heteroatoms. The first-order chi connectivity index (χ1) is 9.03. The third kappa shape index (κ3) is 1.91. The number of ether oxygens (including phenoxy) is 1. The van der Waals surface area contributed by atoms with Gasteiger partial charge in [-0.25, -0.2) is 0 Å². The molecule has 19 heavy (non-hydrogen) atoms. The summed E-state index contributed by atoms with van der Waals surface area (Å²) in [5.74, 6) is 0.00410. The summed E-state index contributed by atoms with van der Waals surface area (Å²) in [4.78, 5) is 11.7. The smallest absolute Gasteiger partial charge is 0.314 e. The van der Waals surface area contributed by atoms with Gasteiger partial charge in [-0.3, -0.25) is 4.79 Å². The molecule has 0 saturated heterocycles. The molecule has 3 nitrogen and oxygen atoms in total. The van der Waals surface area contributed by atoms with Crippen molar-refractivity contribution in [2.45, 2.75) is 50.5 Å². The van der Waals surface area contributed by atoms with E-state index < -0.39 is 11.4 Å². The summed E-state index contributed by atoms with van der Waals surface area (Å²) in [5, 5.41) is 10.2. The zero-order chi connectivity index (χ0) is 13.6. The van der Waals surface area contributed by atoms with Crippen molar-refractivity contribution < 1.29 is 14.6 Å². The normalized spacial score (nSPS) is 24.0. The van der Waals surface area contributed by atoms with Gasteiger partial charge in [0.1, 0.15) is 11.9 Å². The molecule has 1 heterocycles. The molecule has 0 aromatic heterocycles. The maximum absolute atomic E-state index is 11.7. The van der Waals surface area contributed by atoms with Gasteiger partial charge in [-0.05, 0) is 37.0 Å². The molecule has 1 atom stereocenters. The zero-order valence-electron chi connectivity index (χ0n) is 10.9. The number of carbonyl (C=O) groups is 1. The van der Waals surface area contributed by atoms with Crippen molar-refractivity contribution in [1.82, 2.24) is 0 Å². The van der Waals surface area contributed by atoms with Gasteiger partial charge in [-0.2, -0.15) is 0 Å². The molecule has 0 spiro atoms. The van der Waals surface area contributed by atoms with E-state index in [0.717, 1.165) is 36.1 Å². The first kappa shape index (κ1) is 12.8. The van der Waals surface area contributed by atoms with Gasteiger partial charge in [0.2, 0.25) is 0 Å². The summed E-state index contributed by atoms with van der Waals surface area (Å²) in [5.41, 5.74) is 1.14. The van der Waals surface area contributed by atoms with Gasteiger partial charge in [0.05, 0.1) is 10.4 Å². The minimum atomic E-state index is -0.746. The van der Waals surface area contributed by atoms with Crippen LogP contribution in [0.15, 0.2) is 12.1 Å². The number of carboxylic acid groups (broad SMARTS) is 1. The van der Waals surface area contributed by atoms with Gasteiger partial charge in [0, 0.05) is 6.42 Å². The van der Waals surface area contributed by atoms with Gasteiger partial charge in [-0.1, -0.05) is 30.5 Å². The van der Waals surface area contributed by atoms with Crippen LogP contribution in [0.4, 0.5) is 0 Å². The van der Waals surface area contributed by atoms with E-state index in [1.807, 2.05) is 13.0 Å². The number of halogens is 1. The van der Waals surface area contributed by atoms with Crippen molar-refractivity contribution >= 4 is 17.6 Å². The second kappa shape index (κ2) is 4.41.